The maximum absolute atomic E-state index is 5.57. The van der Waals surface area contributed by atoms with E-state index in [0.29, 0.717) is 0 Å². The zero-order valence-electron chi connectivity index (χ0n) is 22.2. The van der Waals surface area contributed by atoms with Gasteiger partial charge in [-0.05, 0) is 116 Å². The van der Waals surface area contributed by atoms with Gasteiger partial charge in [0.2, 0.25) is 0 Å². The molecule has 0 aliphatic carbocycles. The first-order chi connectivity index (χ1) is 18.6. The fourth-order valence-electron chi connectivity index (χ4n) is 5.73. The summed E-state index contributed by atoms with van der Waals surface area (Å²) in [5.74, 6) is 1.72. The Kier molecular flexibility index (Phi) is 6.09. The van der Waals surface area contributed by atoms with Crippen LogP contribution in [0.4, 0.5) is 0 Å². The first-order valence-electron chi connectivity index (χ1n) is 12.9. The molecule has 0 amide bonds. The van der Waals surface area contributed by atoms with Gasteiger partial charge in [-0.15, -0.1) is 0 Å². The molecular weight excluding hydrogens is 464 g/mol. The van der Waals surface area contributed by atoms with E-state index >= 15 is 0 Å². The Morgan fingerprint density at radius 1 is 0.447 bits per heavy atom. The van der Waals surface area contributed by atoms with Crippen molar-refractivity contribution < 1.29 is 9.47 Å². The fourth-order valence-corrected chi connectivity index (χ4v) is 5.73. The molecule has 186 valence electrons. The Morgan fingerprint density at radius 2 is 0.868 bits per heavy atom. The van der Waals surface area contributed by atoms with Crippen molar-refractivity contribution >= 4 is 21.5 Å². The molecule has 0 atom stereocenters. The van der Waals surface area contributed by atoms with Crippen LogP contribution in [0.2, 0.25) is 0 Å². The van der Waals surface area contributed by atoms with E-state index < -0.39 is 0 Å². The largest absolute Gasteiger partial charge is 0.497 e. The van der Waals surface area contributed by atoms with Crippen molar-refractivity contribution in [2.24, 2.45) is 0 Å². The topological polar surface area (TPSA) is 18.5 Å². The SMILES string of the molecule is COc1cccc(-c2cc3ccccc3c(-c3c(C)c(-c4cccc(OC)c4)cc4ccccc34)c2C)c1. The number of ether oxygens (including phenoxy) is 2. The number of rotatable bonds is 5. The smallest absolute Gasteiger partial charge is 0.119 e. The molecule has 0 fully saturated rings. The number of fused-ring (bicyclic) bond motifs is 2. The normalized spacial score (nSPS) is 11.2. The minimum absolute atomic E-state index is 0.860. The highest BCUT2D eigenvalue weighted by Crippen LogP contribution is 2.45. The van der Waals surface area contributed by atoms with Crippen LogP contribution in [0.1, 0.15) is 11.1 Å². The molecule has 0 radical (unpaired) electrons. The maximum Gasteiger partial charge on any atom is 0.119 e. The average molecular weight is 495 g/mol. The van der Waals surface area contributed by atoms with Crippen LogP contribution in [-0.2, 0) is 0 Å². The summed E-state index contributed by atoms with van der Waals surface area (Å²) in [5.41, 5.74) is 9.81. The van der Waals surface area contributed by atoms with Crippen LogP contribution in [0.25, 0.3) is 54.9 Å². The summed E-state index contributed by atoms with van der Waals surface area (Å²) in [4.78, 5) is 0. The van der Waals surface area contributed by atoms with Gasteiger partial charge >= 0.3 is 0 Å². The Hall–Kier alpha value is -4.56. The van der Waals surface area contributed by atoms with Crippen molar-refractivity contribution in [3.8, 4) is 44.9 Å². The maximum atomic E-state index is 5.57. The summed E-state index contributed by atoms with van der Waals surface area (Å²) in [7, 11) is 3.44. The van der Waals surface area contributed by atoms with Gasteiger partial charge in [-0.25, -0.2) is 0 Å². The zero-order valence-corrected chi connectivity index (χ0v) is 22.2. The van der Waals surface area contributed by atoms with E-state index in [9.17, 15) is 0 Å². The summed E-state index contributed by atoms with van der Waals surface area (Å²) in [6.45, 7) is 4.51. The lowest BCUT2D eigenvalue weighted by Crippen LogP contribution is -1.97. The second-order valence-electron chi connectivity index (χ2n) is 9.75. The Labute approximate surface area is 224 Å². The van der Waals surface area contributed by atoms with Crippen LogP contribution < -0.4 is 9.47 Å². The van der Waals surface area contributed by atoms with Gasteiger partial charge in [0.1, 0.15) is 11.5 Å². The Balaban J connectivity index is 1.74. The fraction of sp³-hybridized carbons (Fsp3) is 0.111. The van der Waals surface area contributed by atoms with E-state index in [4.69, 9.17) is 9.47 Å². The molecule has 0 heterocycles. The predicted molar refractivity (Wildman–Crippen MR) is 160 cm³/mol. The van der Waals surface area contributed by atoms with Gasteiger partial charge in [0.15, 0.2) is 0 Å². The van der Waals surface area contributed by atoms with E-state index in [0.717, 1.165) is 22.6 Å². The molecule has 2 nitrogen and oxygen atoms in total. The van der Waals surface area contributed by atoms with Crippen LogP contribution in [0.3, 0.4) is 0 Å². The molecule has 0 aliphatic rings. The van der Waals surface area contributed by atoms with Crippen LogP contribution in [0, 0.1) is 13.8 Å². The number of benzene rings is 6. The van der Waals surface area contributed by atoms with Gasteiger partial charge in [-0.2, -0.15) is 0 Å². The highest BCUT2D eigenvalue weighted by molar-refractivity contribution is 6.11. The minimum atomic E-state index is 0.860. The monoisotopic (exact) mass is 494 g/mol. The van der Waals surface area contributed by atoms with Gasteiger partial charge in [0.05, 0.1) is 14.2 Å². The van der Waals surface area contributed by atoms with Gasteiger partial charge in [0.25, 0.3) is 0 Å². The Bertz CT molecular complexity index is 1680. The summed E-state index contributed by atoms with van der Waals surface area (Å²) in [6, 6.07) is 38.8. The standard InChI is InChI=1S/C36H30O2/c1-23-33(25-13-9-15-29(19-25)37-3)21-27-11-5-7-17-31(27)35(23)36-24(2)34(22-28-12-6-8-18-32(28)36)26-14-10-16-30(20-26)38-4/h5-22H,1-4H3. The molecule has 6 rings (SSSR count). The molecule has 0 aromatic heterocycles. The van der Waals surface area contributed by atoms with Crippen molar-refractivity contribution in [2.45, 2.75) is 13.8 Å². The molecule has 0 bridgehead atoms. The summed E-state index contributed by atoms with van der Waals surface area (Å²) >= 11 is 0. The first kappa shape index (κ1) is 23.8. The number of hydrogen-bond acceptors (Lipinski definition) is 2. The van der Waals surface area contributed by atoms with Gasteiger partial charge in [-0.1, -0.05) is 72.8 Å². The quantitative estimate of drug-likeness (QED) is 0.237. The van der Waals surface area contributed by atoms with Gasteiger partial charge in [-0.3, -0.25) is 0 Å². The van der Waals surface area contributed by atoms with Crippen LogP contribution in [0.15, 0.2) is 109 Å². The van der Waals surface area contributed by atoms with Crippen LogP contribution in [0.5, 0.6) is 11.5 Å². The average Bonchev–Trinajstić information content (AvgIpc) is 2.97. The van der Waals surface area contributed by atoms with E-state index in [-0.39, 0.29) is 0 Å². The van der Waals surface area contributed by atoms with Crippen molar-refractivity contribution in [1.82, 2.24) is 0 Å². The van der Waals surface area contributed by atoms with Crippen molar-refractivity contribution in [2.75, 3.05) is 14.2 Å². The predicted octanol–water partition coefficient (Wildman–Crippen LogP) is 9.63. The van der Waals surface area contributed by atoms with Gasteiger partial charge in [0, 0.05) is 0 Å². The van der Waals surface area contributed by atoms with E-state index in [1.807, 2.05) is 12.1 Å². The molecule has 0 aliphatic heterocycles. The molecule has 0 saturated carbocycles. The van der Waals surface area contributed by atoms with Crippen molar-refractivity contribution in [3.63, 3.8) is 0 Å². The third-order valence-electron chi connectivity index (χ3n) is 7.63. The first-order valence-corrected chi connectivity index (χ1v) is 12.9. The molecule has 0 unspecified atom stereocenters. The van der Waals surface area contributed by atoms with E-state index in [1.165, 1.54) is 54.9 Å². The molecule has 6 aromatic carbocycles. The molecule has 0 spiro atoms. The Morgan fingerprint density at radius 3 is 1.29 bits per heavy atom. The lowest BCUT2D eigenvalue weighted by Gasteiger charge is -2.22. The number of hydrogen-bond donors (Lipinski definition) is 0. The minimum Gasteiger partial charge on any atom is -0.497 e. The molecule has 38 heavy (non-hydrogen) atoms. The van der Waals surface area contributed by atoms with Crippen molar-refractivity contribution in [3.05, 3.63) is 120 Å². The van der Waals surface area contributed by atoms with Crippen molar-refractivity contribution in [1.29, 1.82) is 0 Å². The second kappa shape index (κ2) is 9.72. The summed E-state index contributed by atoms with van der Waals surface area (Å²) in [5, 5.41) is 4.96. The third-order valence-corrected chi connectivity index (χ3v) is 7.63. The summed E-state index contributed by atoms with van der Waals surface area (Å²) in [6.07, 6.45) is 0. The molecule has 0 N–H and O–H groups in total. The summed E-state index contributed by atoms with van der Waals surface area (Å²) < 4.78 is 11.1. The van der Waals surface area contributed by atoms with E-state index in [1.54, 1.807) is 14.2 Å². The van der Waals surface area contributed by atoms with Crippen LogP contribution >= 0.6 is 0 Å². The zero-order chi connectivity index (χ0) is 26.2. The molecule has 2 heteroatoms. The van der Waals surface area contributed by atoms with Gasteiger partial charge < -0.3 is 9.47 Å². The third kappa shape index (κ3) is 3.99. The highest BCUT2D eigenvalue weighted by atomic mass is 16.5. The second-order valence-corrected chi connectivity index (χ2v) is 9.75. The molecule has 6 aromatic rings. The lowest BCUT2D eigenvalue weighted by molar-refractivity contribution is 0.415. The molecular formula is C36H30O2. The molecule has 0 saturated heterocycles. The lowest BCUT2D eigenvalue weighted by atomic mass is 9.82. The highest BCUT2D eigenvalue weighted by Gasteiger charge is 2.20. The number of methoxy groups -OCH3 is 2. The van der Waals surface area contributed by atoms with E-state index in [2.05, 4.69) is 111 Å². The van der Waals surface area contributed by atoms with Crippen LogP contribution in [-0.4, -0.2) is 14.2 Å².